The second-order valence-electron chi connectivity index (χ2n) is 10.3. The molecule has 1 aromatic carbocycles. The van der Waals surface area contributed by atoms with E-state index in [9.17, 15) is 14.4 Å². The first kappa shape index (κ1) is 22.7. The fourth-order valence-corrected chi connectivity index (χ4v) is 6.13. The van der Waals surface area contributed by atoms with Crippen LogP contribution in [0, 0.1) is 5.92 Å². The van der Waals surface area contributed by atoms with E-state index >= 15 is 0 Å². The van der Waals surface area contributed by atoms with Crippen molar-refractivity contribution in [2.24, 2.45) is 5.92 Å². The van der Waals surface area contributed by atoms with Crippen molar-refractivity contribution in [2.45, 2.75) is 50.7 Å². The third-order valence-electron chi connectivity index (χ3n) is 7.30. The standard InChI is InChI=1S/C26H30N2O6/c1-25(2,3)34-24(31)28-19-9-7-6-8-16(19)17-10-11-27-14-15-13-26(21(17)28,23(30)33-5)20(27)12-18(15)22(29)32-4/h6-9,12,15,20H,10-11,13-14H2,1-5H3. The van der Waals surface area contributed by atoms with E-state index in [1.807, 2.05) is 51.1 Å². The first-order valence-electron chi connectivity index (χ1n) is 11.6. The van der Waals surface area contributed by atoms with Crippen LogP contribution in [0.4, 0.5) is 4.79 Å². The van der Waals surface area contributed by atoms with Gasteiger partial charge in [0.25, 0.3) is 0 Å². The highest BCUT2D eigenvalue weighted by atomic mass is 16.6. The van der Waals surface area contributed by atoms with Crippen LogP contribution in [0.15, 0.2) is 35.9 Å². The summed E-state index contributed by atoms with van der Waals surface area (Å²) in [6.07, 6.45) is 2.34. The summed E-state index contributed by atoms with van der Waals surface area (Å²) in [5, 5.41) is 0.924. The summed E-state index contributed by atoms with van der Waals surface area (Å²) in [6.45, 7) is 6.81. The topological polar surface area (TPSA) is 87.1 Å². The number of fused-ring (bicyclic) bond motifs is 3. The Kier molecular flexibility index (Phi) is 5.13. The van der Waals surface area contributed by atoms with Gasteiger partial charge < -0.3 is 14.2 Å². The number of piperidine rings is 1. The number of carbonyl (C=O) groups excluding carboxylic acids is 3. The number of ether oxygens (including phenoxy) is 3. The van der Waals surface area contributed by atoms with Gasteiger partial charge in [-0.05, 0) is 45.2 Å². The van der Waals surface area contributed by atoms with Crippen LogP contribution in [0.3, 0.4) is 0 Å². The van der Waals surface area contributed by atoms with Crippen LogP contribution >= 0.6 is 0 Å². The SMILES string of the molecule is COC(=O)C1=CC2N3CCc4c(n(C(=O)OC(C)(C)C)c5ccccc45)C2(C(=O)OC)CC1C3. The molecule has 1 saturated heterocycles. The molecule has 4 bridgehead atoms. The second kappa shape index (κ2) is 7.70. The average Bonchev–Trinajstić information content (AvgIpc) is 3.10. The van der Waals surface area contributed by atoms with Crippen LogP contribution in [0.25, 0.3) is 10.9 Å². The second-order valence-corrected chi connectivity index (χ2v) is 10.3. The van der Waals surface area contributed by atoms with Crippen LogP contribution in [-0.4, -0.2) is 66.5 Å². The van der Waals surface area contributed by atoms with E-state index in [0.29, 0.717) is 42.7 Å². The number of benzene rings is 1. The molecular formula is C26H30N2O6. The minimum Gasteiger partial charge on any atom is -0.468 e. The largest absolute Gasteiger partial charge is 0.468 e. The molecule has 6 rings (SSSR count). The Morgan fingerprint density at radius 3 is 2.47 bits per heavy atom. The van der Waals surface area contributed by atoms with Gasteiger partial charge in [-0.15, -0.1) is 0 Å². The van der Waals surface area contributed by atoms with E-state index in [1.165, 1.54) is 14.2 Å². The van der Waals surface area contributed by atoms with Crippen LogP contribution in [0.5, 0.6) is 0 Å². The zero-order valence-corrected chi connectivity index (χ0v) is 20.2. The van der Waals surface area contributed by atoms with E-state index < -0.39 is 29.1 Å². The lowest BCUT2D eigenvalue weighted by Crippen LogP contribution is -2.64. The number of esters is 2. The van der Waals surface area contributed by atoms with Crippen molar-refractivity contribution in [3.05, 3.63) is 47.2 Å². The van der Waals surface area contributed by atoms with Crippen molar-refractivity contribution < 1.29 is 28.6 Å². The number of aromatic nitrogens is 1. The number of hydrogen-bond donors (Lipinski definition) is 0. The van der Waals surface area contributed by atoms with Gasteiger partial charge in [-0.3, -0.25) is 9.69 Å². The maximum Gasteiger partial charge on any atom is 0.419 e. The minimum atomic E-state index is -1.16. The van der Waals surface area contributed by atoms with Crippen LogP contribution in [0.2, 0.25) is 0 Å². The highest BCUT2D eigenvalue weighted by molar-refractivity contribution is 5.99. The number of carbonyl (C=O) groups is 3. The molecule has 0 saturated carbocycles. The Morgan fingerprint density at radius 2 is 1.82 bits per heavy atom. The van der Waals surface area contributed by atoms with E-state index in [2.05, 4.69) is 4.90 Å². The maximum absolute atomic E-state index is 13.7. The Bertz CT molecular complexity index is 1240. The predicted octanol–water partition coefficient (Wildman–Crippen LogP) is 3.19. The van der Waals surface area contributed by atoms with Gasteiger partial charge in [0.15, 0.2) is 0 Å². The molecule has 4 atom stereocenters. The summed E-state index contributed by atoms with van der Waals surface area (Å²) in [5.41, 5.74) is 0.996. The molecule has 0 amide bonds. The molecule has 8 heteroatoms. The molecule has 1 aromatic heterocycles. The van der Waals surface area contributed by atoms with Crippen LogP contribution in [-0.2, 0) is 35.6 Å². The van der Waals surface area contributed by atoms with Gasteiger partial charge in [-0.2, -0.15) is 0 Å². The molecule has 1 fully saturated rings. The van der Waals surface area contributed by atoms with E-state index in [4.69, 9.17) is 14.2 Å². The molecule has 2 aromatic rings. The molecule has 4 heterocycles. The lowest BCUT2D eigenvalue weighted by molar-refractivity contribution is -0.155. The number of nitrogens with zero attached hydrogens (tertiary/aromatic N) is 2. The molecule has 8 nitrogen and oxygen atoms in total. The van der Waals surface area contributed by atoms with Crippen molar-refractivity contribution >= 4 is 28.9 Å². The zero-order valence-electron chi connectivity index (χ0n) is 20.2. The quantitative estimate of drug-likeness (QED) is 0.496. The fourth-order valence-electron chi connectivity index (χ4n) is 6.13. The van der Waals surface area contributed by atoms with E-state index in [0.717, 1.165) is 10.9 Å². The summed E-state index contributed by atoms with van der Waals surface area (Å²) < 4.78 is 17.8. The van der Waals surface area contributed by atoms with Crippen LogP contribution < -0.4 is 0 Å². The Morgan fingerprint density at radius 1 is 1.09 bits per heavy atom. The smallest absolute Gasteiger partial charge is 0.419 e. The molecule has 4 aliphatic rings. The Balaban J connectivity index is 1.83. The third-order valence-corrected chi connectivity index (χ3v) is 7.30. The van der Waals surface area contributed by atoms with Gasteiger partial charge in [0.2, 0.25) is 0 Å². The van der Waals surface area contributed by atoms with Gasteiger partial charge in [0, 0.05) is 30.0 Å². The Labute approximate surface area is 198 Å². The number of para-hydroxylation sites is 1. The lowest BCUT2D eigenvalue weighted by atomic mass is 9.61. The summed E-state index contributed by atoms with van der Waals surface area (Å²) >= 11 is 0. The Hall–Kier alpha value is -3.13. The summed E-state index contributed by atoms with van der Waals surface area (Å²) in [7, 11) is 2.74. The molecule has 180 valence electrons. The van der Waals surface area contributed by atoms with E-state index in [1.54, 1.807) is 4.57 Å². The van der Waals surface area contributed by atoms with Gasteiger partial charge in [0.1, 0.15) is 11.0 Å². The van der Waals surface area contributed by atoms with Gasteiger partial charge >= 0.3 is 18.0 Å². The van der Waals surface area contributed by atoms with Gasteiger partial charge in [0.05, 0.1) is 31.5 Å². The van der Waals surface area contributed by atoms with Crippen molar-refractivity contribution in [3.8, 4) is 0 Å². The highest BCUT2D eigenvalue weighted by Gasteiger charge is 2.62. The summed E-state index contributed by atoms with van der Waals surface area (Å²) in [6, 6.07) is 7.24. The van der Waals surface area contributed by atoms with Crippen molar-refractivity contribution in [1.82, 2.24) is 9.47 Å². The predicted molar refractivity (Wildman–Crippen MR) is 125 cm³/mol. The monoisotopic (exact) mass is 466 g/mol. The summed E-state index contributed by atoms with van der Waals surface area (Å²) in [4.78, 5) is 42.1. The molecule has 34 heavy (non-hydrogen) atoms. The molecular weight excluding hydrogens is 436 g/mol. The fraction of sp³-hybridized carbons (Fsp3) is 0.500. The maximum atomic E-state index is 13.7. The van der Waals surface area contributed by atoms with Crippen molar-refractivity contribution in [1.29, 1.82) is 0 Å². The molecule has 1 aliphatic carbocycles. The first-order chi connectivity index (χ1) is 16.1. The van der Waals surface area contributed by atoms with Crippen molar-refractivity contribution in [3.63, 3.8) is 0 Å². The molecule has 0 N–H and O–H groups in total. The third kappa shape index (κ3) is 3.11. The van der Waals surface area contributed by atoms with Crippen LogP contribution in [0.1, 0.15) is 38.4 Å². The molecule has 4 unspecified atom stereocenters. The average molecular weight is 467 g/mol. The minimum absolute atomic E-state index is 0.215. The van der Waals surface area contributed by atoms with E-state index in [-0.39, 0.29) is 11.9 Å². The highest BCUT2D eigenvalue weighted by Crippen LogP contribution is 2.53. The first-order valence-corrected chi connectivity index (χ1v) is 11.6. The van der Waals surface area contributed by atoms with Crippen molar-refractivity contribution in [2.75, 3.05) is 27.3 Å². The number of hydrogen-bond acceptors (Lipinski definition) is 7. The zero-order chi connectivity index (χ0) is 24.4. The van der Waals surface area contributed by atoms with Gasteiger partial charge in [-0.1, -0.05) is 24.3 Å². The molecule has 0 radical (unpaired) electrons. The number of methoxy groups -OCH3 is 2. The normalized spacial score (nSPS) is 27.4. The molecule has 3 aliphatic heterocycles. The molecule has 0 spiro atoms. The lowest BCUT2D eigenvalue weighted by Gasteiger charge is -2.52. The van der Waals surface area contributed by atoms with Gasteiger partial charge in [-0.25, -0.2) is 14.2 Å². The summed E-state index contributed by atoms with van der Waals surface area (Å²) in [5.74, 6) is -1.00. The number of rotatable bonds is 2.